The Kier molecular flexibility index (Phi) is 7.93. The number of carbonyl (C=O) groups is 1. The SMILES string of the molecule is CCN(CCOc1ccccc1Cl)C(=O)N[C@@H](C)COC. The highest BCUT2D eigenvalue weighted by Gasteiger charge is 2.14. The van der Waals surface area contributed by atoms with Gasteiger partial charge < -0.3 is 19.7 Å². The maximum atomic E-state index is 12.0. The Morgan fingerprint density at radius 3 is 2.76 bits per heavy atom. The first-order valence-corrected chi connectivity index (χ1v) is 7.38. The first-order chi connectivity index (χ1) is 10.1. The first-order valence-electron chi connectivity index (χ1n) is 7.00. The Bertz CT molecular complexity index is 443. The van der Waals surface area contributed by atoms with Crippen LogP contribution in [0.25, 0.3) is 0 Å². The molecule has 2 amide bonds. The molecule has 0 saturated heterocycles. The zero-order chi connectivity index (χ0) is 15.7. The van der Waals surface area contributed by atoms with E-state index in [9.17, 15) is 4.79 Å². The minimum absolute atomic E-state index is 0.0268. The Labute approximate surface area is 131 Å². The molecule has 0 aliphatic heterocycles. The molecule has 1 atom stereocenters. The predicted octanol–water partition coefficient (Wildman–Crippen LogP) is 2.79. The molecule has 0 aliphatic rings. The Morgan fingerprint density at radius 1 is 1.43 bits per heavy atom. The van der Waals surface area contributed by atoms with Crippen molar-refractivity contribution >= 4 is 17.6 Å². The number of urea groups is 1. The summed E-state index contributed by atoms with van der Waals surface area (Å²) in [6, 6.07) is 7.13. The van der Waals surface area contributed by atoms with Crippen molar-refractivity contribution in [3.8, 4) is 5.75 Å². The Balaban J connectivity index is 2.40. The first kappa shape index (κ1) is 17.6. The number of nitrogens with zero attached hydrogens (tertiary/aromatic N) is 1. The molecule has 21 heavy (non-hydrogen) atoms. The largest absolute Gasteiger partial charge is 0.490 e. The van der Waals surface area contributed by atoms with E-state index in [2.05, 4.69) is 5.32 Å². The van der Waals surface area contributed by atoms with Crippen LogP contribution in [0.2, 0.25) is 5.02 Å². The zero-order valence-electron chi connectivity index (χ0n) is 12.8. The van der Waals surface area contributed by atoms with Crippen molar-refractivity contribution in [2.45, 2.75) is 19.9 Å². The van der Waals surface area contributed by atoms with Crippen molar-refractivity contribution < 1.29 is 14.3 Å². The number of benzene rings is 1. The highest BCUT2D eigenvalue weighted by Crippen LogP contribution is 2.22. The molecular weight excluding hydrogens is 292 g/mol. The van der Waals surface area contributed by atoms with Crippen molar-refractivity contribution in [2.75, 3.05) is 33.4 Å². The van der Waals surface area contributed by atoms with Crippen LogP contribution in [0.5, 0.6) is 5.75 Å². The van der Waals surface area contributed by atoms with Crippen LogP contribution >= 0.6 is 11.6 Å². The van der Waals surface area contributed by atoms with E-state index in [1.165, 1.54) is 0 Å². The highest BCUT2D eigenvalue weighted by molar-refractivity contribution is 6.32. The summed E-state index contributed by atoms with van der Waals surface area (Å²) in [7, 11) is 1.61. The van der Waals surface area contributed by atoms with Crippen molar-refractivity contribution in [1.82, 2.24) is 10.2 Å². The lowest BCUT2D eigenvalue weighted by Gasteiger charge is -2.23. The molecule has 5 nitrogen and oxygen atoms in total. The third-order valence-corrected chi connectivity index (χ3v) is 3.22. The average Bonchev–Trinajstić information content (AvgIpc) is 2.45. The number of carbonyl (C=O) groups excluding carboxylic acids is 1. The fraction of sp³-hybridized carbons (Fsp3) is 0.533. The normalized spacial score (nSPS) is 11.8. The summed E-state index contributed by atoms with van der Waals surface area (Å²) >= 11 is 6.01. The van der Waals surface area contributed by atoms with Gasteiger partial charge in [0.15, 0.2) is 0 Å². The number of hydrogen-bond acceptors (Lipinski definition) is 3. The van der Waals surface area contributed by atoms with Crippen LogP contribution in [-0.2, 0) is 4.74 Å². The molecule has 118 valence electrons. The van der Waals surface area contributed by atoms with E-state index in [4.69, 9.17) is 21.1 Å². The molecule has 0 saturated carbocycles. The lowest BCUT2D eigenvalue weighted by molar-refractivity contribution is 0.155. The molecule has 0 fully saturated rings. The fourth-order valence-electron chi connectivity index (χ4n) is 1.82. The van der Waals surface area contributed by atoms with Crippen LogP contribution in [0.1, 0.15) is 13.8 Å². The third kappa shape index (κ3) is 6.23. The topological polar surface area (TPSA) is 50.8 Å². The maximum Gasteiger partial charge on any atom is 0.317 e. The van der Waals surface area contributed by atoms with Gasteiger partial charge in [0, 0.05) is 13.7 Å². The number of rotatable bonds is 8. The second-order valence-electron chi connectivity index (χ2n) is 4.66. The molecule has 1 rings (SSSR count). The van der Waals surface area contributed by atoms with Crippen molar-refractivity contribution in [2.24, 2.45) is 0 Å². The highest BCUT2D eigenvalue weighted by atomic mass is 35.5. The molecule has 0 unspecified atom stereocenters. The fourth-order valence-corrected chi connectivity index (χ4v) is 2.01. The van der Waals surface area contributed by atoms with Gasteiger partial charge in [-0.2, -0.15) is 0 Å². The van der Waals surface area contributed by atoms with Gasteiger partial charge in [-0.05, 0) is 26.0 Å². The smallest absolute Gasteiger partial charge is 0.317 e. The van der Waals surface area contributed by atoms with Crippen LogP contribution < -0.4 is 10.1 Å². The molecule has 6 heteroatoms. The van der Waals surface area contributed by atoms with Crippen molar-refractivity contribution in [3.63, 3.8) is 0 Å². The van der Waals surface area contributed by atoms with Crippen LogP contribution in [0, 0.1) is 0 Å². The standard InChI is InChI=1S/C15H23ClN2O3/c1-4-18(15(19)17-12(2)11-20-3)9-10-21-14-8-6-5-7-13(14)16/h5-8,12H,4,9-11H2,1-3H3,(H,17,19)/t12-/m0/s1. The number of halogens is 1. The summed E-state index contributed by atoms with van der Waals surface area (Å²) < 4.78 is 10.6. The quantitative estimate of drug-likeness (QED) is 0.802. The molecular formula is C15H23ClN2O3. The summed E-state index contributed by atoms with van der Waals surface area (Å²) in [5.41, 5.74) is 0. The second kappa shape index (κ2) is 9.47. The number of para-hydroxylation sites is 1. The van der Waals surface area contributed by atoms with E-state index in [-0.39, 0.29) is 12.1 Å². The van der Waals surface area contributed by atoms with Crippen LogP contribution in [-0.4, -0.2) is 50.4 Å². The molecule has 0 heterocycles. The molecule has 1 aromatic rings. The van der Waals surface area contributed by atoms with Crippen LogP contribution in [0.3, 0.4) is 0 Å². The Morgan fingerprint density at radius 2 is 2.14 bits per heavy atom. The van der Waals surface area contributed by atoms with E-state index in [1.54, 1.807) is 24.1 Å². The number of amides is 2. The summed E-state index contributed by atoms with van der Waals surface area (Å²) in [6.45, 7) is 5.80. The van der Waals surface area contributed by atoms with E-state index >= 15 is 0 Å². The number of hydrogen-bond donors (Lipinski definition) is 1. The number of nitrogens with one attached hydrogen (secondary N) is 1. The van der Waals surface area contributed by atoms with Gasteiger partial charge in [-0.1, -0.05) is 23.7 Å². The molecule has 0 aromatic heterocycles. The minimum atomic E-state index is -0.121. The zero-order valence-corrected chi connectivity index (χ0v) is 13.5. The molecule has 0 aliphatic carbocycles. The number of methoxy groups -OCH3 is 1. The van der Waals surface area contributed by atoms with Gasteiger partial charge in [0.25, 0.3) is 0 Å². The summed E-state index contributed by atoms with van der Waals surface area (Å²) in [6.07, 6.45) is 0. The molecule has 1 aromatic carbocycles. The van der Waals surface area contributed by atoms with E-state index in [0.717, 1.165) is 0 Å². The maximum absolute atomic E-state index is 12.0. The van der Waals surface area contributed by atoms with Gasteiger partial charge in [-0.3, -0.25) is 0 Å². The van der Waals surface area contributed by atoms with Gasteiger partial charge in [0.05, 0.1) is 24.2 Å². The lowest BCUT2D eigenvalue weighted by Crippen LogP contribution is -2.46. The molecule has 0 radical (unpaired) electrons. The summed E-state index contributed by atoms with van der Waals surface area (Å²) in [5, 5.41) is 3.44. The van der Waals surface area contributed by atoms with Gasteiger partial charge >= 0.3 is 6.03 Å². The van der Waals surface area contributed by atoms with Crippen LogP contribution in [0.4, 0.5) is 4.79 Å². The lowest BCUT2D eigenvalue weighted by atomic mass is 10.3. The summed E-state index contributed by atoms with van der Waals surface area (Å²) in [5.74, 6) is 0.628. The minimum Gasteiger partial charge on any atom is -0.490 e. The Hall–Kier alpha value is -1.46. The average molecular weight is 315 g/mol. The van der Waals surface area contributed by atoms with Crippen LogP contribution in [0.15, 0.2) is 24.3 Å². The monoisotopic (exact) mass is 314 g/mol. The van der Waals surface area contributed by atoms with Crippen molar-refractivity contribution in [1.29, 1.82) is 0 Å². The number of likely N-dealkylation sites (N-methyl/N-ethyl adjacent to an activating group) is 1. The molecule has 0 spiro atoms. The van der Waals surface area contributed by atoms with Gasteiger partial charge in [0.1, 0.15) is 12.4 Å². The molecule has 1 N–H and O–H groups in total. The number of ether oxygens (including phenoxy) is 2. The third-order valence-electron chi connectivity index (χ3n) is 2.91. The summed E-state index contributed by atoms with van der Waals surface area (Å²) in [4.78, 5) is 13.7. The second-order valence-corrected chi connectivity index (χ2v) is 5.07. The van der Waals surface area contributed by atoms with Crippen molar-refractivity contribution in [3.05, 3.63) is 29.3 Å². The van der Waals surface area contributed by atoms with E-state index < -0.39 is 0 Å². The van der Waals surface area contributed by atoms with Gasteiger partial charge in [0.2, 0.25) is 0 Å². The molecule has 0 bridgehead atoms. The van der Waals surface area contributed by atoms with E-state index in [0.29, 0.717) is 37.1 Å². The van der Waals surface area contributed by atoms with Gasteiger partial charge in [-0.15, -0.1) is 0 Å². The predicted molar refractivity (Wildman–Crippen MR) is 84.1 cm³/mol. The van der Waals surface area contributed by atoms with Gasteiger partial charge in [-0.25, -0.2) is 4.79 Å². The van der Waals surface area contributed by atoms with E-state index in [1.807, 2.05) is 26.0 Å².